The molecule has 3 heterocycles. The zero-order valence-electron chi connectivity index (χ0n) is 14.1. The van der Waals surface area contributed by atoms with Gasteiger partial charge in [-0.05, 0) is 35.9 Å². The number of carbonyl (C=O) groups excluding carboxylic acids is 1. The number of allylic oxidation sites excluding steroid dienone is 4. The van der Waals surface area contributed by atoms with Crippen molar-refractivity contribution in [1.29, 1.82) is 0 Å². The number of nitrogens with zero attached hydrogens (tertiary/aromatic N) is 4. The molecule has 0 aliphatic heterocycles. The summed E-state index contributed by atoms with van der Waals surface area (Å²) < 4.78 is 6.47. The van der Waals surface area contributed by atoms with Gasteiger partial charge in [0.25, 0.3) is 5.56 Å². The predicted octanol–water partition coefficient (Wildman–Crippen LogP) is 1.85. The topological polar surface area (TPSA) is 112 Å². The molecule has 27 heavy (non-hydrogen) atoms. The quantitative estimate of drug-likeness (QED) is 0.739. The fourth-order valence-corrected chi connectivity index (χ4v) is 3.47. The lowest BCUT2D eigenvalue weighted by molar-refractivity contribution is -0.114. The van der Waals surface area contributed by atoms with Gasteiger partial charge in [-0.25, -0.2) is 0 Å². The number of nitrogen functional groups attached to an aromatic ring is 1. The Labute approximate surface area is 157 Å². The van der Waals surface area contributed by atoms with E-state index in [1.807, 2.05) is 12.1 Å². The van der Waals surface area contributed by atoms with E-state index >= 15 is 0 Å². The Hall–Kier alpha value is -3.59. The van der Waals surface area contributed by atoms with Crippen molar-refractivity contribution in [3.05, 3.63) is 70.0 Å². The van der Waals surface area contributed by atoms with E-state index < -0.39 is 5.56 Å². The van der Waals surface area contributed by atoms with E-state index in [0.29, 0.717) is 15.5 Å². The second-order valence-corrected chi connectivity index (χ2v) is 6.56. The number of fused-ring (bicyclic) bond motifs is 1. The van der Waals surface area contributed by atoms with E-state index in [0.717, 1.165) is 5.56 Å². The summed E-state index contributed by atoms with van der Waals surface area (Å²) in [6, 6.07) is 3.63. The third kappa shape index (κ3) is 3.04. The maximum atomic E-state index is 12.5. The molecular weight excluding hydrogens is 366 g/mol. The first-order valence-electron chi connectivity index (χ1n) is 7.86. The second kappa shape index (κ2) is 6.61. The lowest BCUT2D eigenvalue weighted by Crippen LogP contribution is -2.17. The highest BCUT2D eigenvalue weighted by atomic mass is 32.1. The van der Waals surface area contributed by atoms with Gasteiger partial charge in [0.15, 0.2) is 5.76 Å². The molecule has 134 valence electrons. The van der Waals surface area contributed by atoms with Crippen molar-refractivity contribution in [3.8, 4) is 10.6 Å². The number of ketones is 1. The van der Waals surface area contributed by atoms with Crippen molar-refractivity contribution in [3.63, 3.8) is 0 Å². The Balaban J connectivity index is 1.84. The van der Waals surface area contributed by atoms with Gasteiger partial charge in [-0.2, -0.15) is 14.6 Å². The number of aromatic nitrogens is 4. The molecule has 1 aliphatic carbocycles. The zero-order valence-corrected chi connectivity index (χ0v) is 14.9. The van der Waals surface area contributed by atoms with Crippen LogP contribution in [0.1, 0.15) is 5.56 Å². The SMILES string of the molecule is COC1=CC(=Cc2c(N)n3nc(-c4ccncc4)sc3nc2=O)C=CC1=O. The normalized spacial score (nSPS) is 15.4. The highest BCUT2D eigenvalue weighted by Gasteiger charge is 2.16. The maximum absolute atomic E-state index is 12.5. The fraction of sp³-hybridized carbons (Fsp3) is 0.0556. The molecule has 0 bridgehead atoms. The molecule has 3 aromatic heterocycles. The Bertz CT molecular complexity index is 1200. The first-order valence-corrected chi connectivity index (χ1v) is 8.68. The minimum atomic E-state index is -0.470. The number of carbonyl (C=O) groups is 1. The fourth-order valence-electron chi connectivity index (χ4n) is 2.57. The molecule has 0 saturated heterocycles. The lowest BCUT2D eigenvalue weighted by atomic mass is 10.0. The highest BCUT2D eigenvalue weighted by Crippen LogP contribution is 2.26. The van der Waals surface area contributed by atoms with Gasteiger partial charge in [-0.1, -0.05) is 17.4 Å². The van der Waals surface area contributed by atoms with Crippen molar-refractivity contribution in [1.82, 2.24) is 19.6 Å². The summed E-state index contributed by atoms with van der Waals surface area (Å²) in [4.78, 5) is 32.6. The van der Waals surface area contributed by atoms with Crippen molar-refractivity contribution >= 4 is 34.0 Å². The number of hydrogen-bond acceptors (Lipinski definition) is 8. The number of pyridine rings is 1. The summed E-state index contributed by atoms with van der Waals surface area (Å²) in [5, 5.41) is 5.13. The van der Waals surface area contributed by atoms with E-state index in [9.17, 15) is 9.59 Å². The molecule has 2 N–H and O–H groups in total. The summed E-state index contributed by atoms with van der Waals surface area (Å²) in [5.41, 5.74) is 7.37. The van der Waals surface area contributed by atoms with Crippen LogP contribution in [0, 0.1) is 0 Å². The molecule has 8 nitrogen and oxygen atoms in total. The van der Waals surface area contributed by atoms with Crippen LogP contribution < -0.4 is 11.3 Å². The summed E-state index contributed by atoms with van der Waals surface area (Å²) in [6.45, 7) is 0. The number of methoxy groups -OCH3 is 1. The monoisotopic (exact) mass is 379 g/mol. The van der Waals surface area contributed by atoms with Gasteiger partial charge in [0.1, 0.15) is 10.8 Å². The first-order chi connectivity index (χ1) is 13.1. The highest BCUT2D eigenvalue weighted by molar-refractivity contribution is 7.19. The van der Waals surface area contributed by atoms with E-state index in [1.54, 1.807) is 30.6 Å². The number of rotatable bonds is 3. The number of hydrogen-bond donors (Lipinski definition) is 1. The lowest BCUT2D eigenvalue weighted by Gasteiger charge is -2.08. The van der Waals surface area contributed by atoms with Gasteiger partial charge >= 0.3 is 0 Å². The van der Waals surface area contributed by atoms with Crippen molar-refractivity contribution in [2.75, 3.05) is 12.8 Å². The summed E-state index contributed by atoms with van der Waals surface area (Å²) in [5.74, 6) is 0.117. The molecular formula is C18H13N5O3S. The number of nitrogens with two attached hydrogens (primary N) is 1. The Morgan fingerprint density at radius 1 is 1.22 bits per heavy atom. The molecule has 0 saturated carbocycles. The van der Waals surface area contributed by atoms with E-state index in [4.69, 9.17) is 10.5 Å². The minimum absolute atomic E-state index is 0.173. The third-order valence-electron chi connectivity index (χ3n) is 3.92. The molecule has 0 unspecified atom stereocenters. The summed E-state index contributed by atoms with van der Waals surface area (Å²) in [6.07, 6.45) is 9.38. The molecule has 3 aromatic rings. The molecule has 0 atom stereocenters. The van der Waals surface area contributed by atoms with Crippen LogP contribution in [0.2, 0.25) is 0 Å². The Morgan fingerprint density at radius 2 is 2.00 bits per heavy atom. The molecule has 0 spiro atoms. The molecule has 4 rings (SSSR count). The Kier molecular flexibility index (Phi) is 4.13. The molecule has 0 amide bonds. The van der Waals surface area contributed by atoms with Crippen LogP contribution in [0.25, 0.3) is 21.6 Å². The summed E-state index contributed by atoms with van der Waals surface area (Å²) in [7, 11) is 1.41. The van der Waals surface area contributed by atoms with Crippen LogP contribution in [0.4, 0.5) is 5.82 Å². The van der Waals surface area contributed by atoms with Crippen LogP contribution in [-0.2, 0) is 9.53 Å². The molecule has 0 aromatic carbocycles. The van der Waals surface area contributed by atoms with Crippen molar-refractivity contribution in [2.24, 2.45) is 0 Å². The average Bonchev–Trinajstić information content (AvgIpc) is 3.11. The number of ether oxygens (including phenoxy) is 1. The van der Waals surface area contributed by atoms with Gasteiger partial charge < -0.3 is 10.5 Å². The van der Waals surface area contributed by atoms with Gasteiger partial charge in [0, 0.05) is 18.0 Å². The maximum Gasteiger partial charge on any atom is 0.283 e. The smallest absolute Gasteiger partial charge is 0.283 e. The van der Waals surface area contributed by atoms with Gasteiger partial charge in [-0.3, -0.25) is 14.6 Å². The Morgan fingerprint density at radius 3 is 2.74 bits per heavy atom. The minimum Gasteiger partial charge on any atom is -0.493 e. The largest absolute Gasteiger partial charge is 0.493 e. The van der Waals surface area contributed by atoms with Crippen LogP contribution >= 0.6 is 11.3 Å². The average molecular weight is 379 g/mol. The van der Waals surface area contributed by atoms with Crippen molar-refractivity contribution in [2.45, 2.75) is 0 Å². The van der Waals surface area contributed by atoms with E-state index in [2.05, 4.69) is 15.1 Å². The van der Waals surface area contributed by atoms with Crippen LogP contribution in [0.5, 0.6) is 0 Å². The molecule has 0 radical (unpaired) electrons. The van der Waals surface area contributed by atoms with Crippen molar-refractivity contribution < 1.29 is 9.53 Å². The third-order valence-corrected chi connectivity index (χ3v) is 4.88. The first kappa shape index (κ1) is 16.9. The second-order valence-electron chi connectivity index (χ2n) is 5.61. The van der Waals surface area contributed by atoms with E-state index in [-0.39, 0.29) is 22.9 Å². The molecule has 9 heteroatoms. The molecule has 0 fully saturated rings. The van der Waals surface area contributed by atoms with Gasteiger partial charge in [0.2, 0.25) is 10.7 Å². The van der Waals surface area contributed by atoms with E-state index in [1.165, 1.54) is 29.0 Å². The summed E-state index contributed by atoms with van der Waals surface area (Å²) >= 11 is 1.26. The predicted molar refractivity (Wildman–Crippen MR) is 102 cm³/mol. The van der Waals surface area contributed by atoms with Gasteiger partial charge in [-0.15, -0.1) is 0 Å². The van der Waals surface area contributed by atoms with Crippen LogP contribution in [-0.4, -0.2) is 32.5 Å². The molecule has 1 aliphatic rings. The van der Waals surface area contributed by atoms with Crippen LogP contribution in [0.15, 0.2) is 58.9 Å². The van der Waals surface area contributed by atoms with Gasteiger partial charge in [0.05, 0.1) is 12.7 Å². The van der Waals surface area contributed by atoms with Crippen LogP contribution in [0.3, 0.4) is 0 Å². The number of anilines is 1. The zero-order chi connectivity index (χ0) is 19.0. The standard InChI is InChI=1S/C18H13N5O3S/c1-26-14-9-10(2-3-13(14)24)8-12-15(19)23-18(21-16(12)25)27-17(22-23)11-4-6-20-7-5-11/h2-9H,19H2,1H3.